The first-order valence-electron chi connectivity index (χ1n) is 13.2. The van der Waals surface area contributed by atoms with Gasteiger partial charge < -0.3 is 35.5 Å². The van der Waals surface area contributed by atoms with Crippen LogP contribution >= 0.6 is 0 Å². The number of benzene rings is 2. The van der Waals surface area contributed by atoms with E-state index in [1.165, 1.54) is 19.1 Å². The van der Waals surface area contributed by atoms with Crippen molar-refractivity contribution < 1.29 is 64.7 Å². The molecule has 2 heterocycles. The van der Waals surface area contributed by atoms with E-state index < -0.39 is 65.9 Å². The Labute approximate surface area is 255 Å². The fraction of sp³-hybridized carbons (Fsp3) is 0.345. The molecular weight excluding hydrogens is 635 g/mol. The van der Waals surface area contributed by atoms with E-state index >= 15 is 0 Å². The van der Waals surface area contributed by atoms with Crippen molar-refractivity contribution in [1.82, 2.24) is 10.3 Å². The third-order valence-electron chi connectivity index (χ3n) is 7.33. The van der Waals surface area contributed by atoms with Gasteiger partial charge in [-0.2, -0.15) is 26.3 Å². The molecule has 46 heavy (non-hydrogen) atoms. The third kappa shape index (κ3) is 6.50. The van der Waals surface area contributed by atoms with E-state index in [-0.39, 0.29) is 46.2 Å². The number of hydrogen-bond acceptors (Lipinski definition) is 8. The summed E-state index contributed by atoms with van der Waals surface area (Å²) in [7, 11) is 1.08. The highest BCUT2D eigenvalue weighted by atomic mass is 19.4. The molecule has 10 nitrogen and oxygen atoms in total. The summed E-state index contributed by atoms with van der Waals surface area (Å²) in [5.74, 6) is -3.50. The lowest BCUT2D eigenvalue weighted by Gasteiger charge is -2.31. The molecular formula is C29H26F7N3O7. The maximum absolute atomic E-state index is 14.6. The van der Waals surface area contributed by atoms with Crippen molar-refractivity contribution in [3.8, 4) is 28.5 Å². The molecule has 17 heteroatoms. The van der Waals surface area contributed by atoms with Crippen LogP contribution in [0.1, 0.15) is 28.5 Å². The Hall–Kier alpha value is -4.64. The van der Waals surface area contributed by atoms with E-state index in [0.717, 1.165) is 43.5 Å². The number of alkyl halides is 6. The summed E-state index contributed by atoms with van der Waals surface area (Å²) in [6.45, 7) is -1.76. The maximum atomic E-state index is 14.6. The highest BCUT2D eigenvalue weighted by molar-refractivity contribution is 5.95. The minimum atomic E-state index is -5.47. The van der Waals surface area contributed by atoms with Gasteiger partial charge in [0.05, 0.1) is 19.3 Å². The summed E-state index contributed by atoms with van der Waals surface area (Å²) in [5, 5.41) is 22.2. The Kier molecular flexibility index (Phi) is 9.14. The Bertz CT molecular complexity index is 1630. The second kappa shape index (κ2) is 12.3. The van der Waals surface area contributed by atoms with Gasteiger partial charge in [0.1, 0.15) is 35.9 Å². The van der Waals surface area contributed by atoms with Crippen molar-refractivity contribution in [3.63, 3.8) is 0 Å². The lowest BCUT2D eigenvalue weighted by atomic mass is 9.81. The molecule has 0 aliphatic carbocycles. The topological polar surface area (TPSA) is 153 Å². The SMILES string of the molecule is COc1cc(C(=O)NC[C@](O)(c2cc3c(c(-c4ccc(F)cc4)n2)OC[C@]3(C)C(N)=O)C(F)(F)F)ccc1OC[C@@H](O)C(F)(F)F. The Morgan fingerprint density at radius 2 is 1.74 bits per heavy atom. The number of methoxy groups -OCH3 is 1. The number of aromatic nitrogens is 1. The van der Waals surface area contributed by atoms with Crippen LogP contribution in [0, 0.1) is 5.82 Å². The molecule has 3 aromatic rings. The van der Waals surface area contributed by atoms with Crippen molar-refractivity contribution in [2.75, 3.05) is 26.9 Å². The molecule has 3 atom stereocenters. The number of ether oxygens (including phenoxy) is 3. The standard InChI is InChI=1S/C29H26F7N3O7/c1-26(25(37)42)13-46-23-17(26)10-20(39-22(23)14-3-6-16(30)7-4-14)27(43,29(34,35)36)12-38-24(41)15-5-8-18(19(9-15)44-2)45-11-21(40)28(31,32)33/h3-10,21,40,43H,11-13H2,1-2H3,(H2,37,42)(H,38,41)/t21-,26+,27+/m1/s1. The number of primary amides is 1. The van der Waals surface area contributed by atoms with Crippen LogP contribution in [0.5, 0.6) is 17.2 Å². The largest absolute Gasteiger partial charge is 0.493 e. The van der Waals surface area contributed by atoms with Crippen molar-refractivity contribution in [2.45, 2.75) is 36.4 Å². The number of nitrogens with two attached hydrogens (primary N) is 1. The van der Waals surface area contributed by atoms with Gasteiger partial charge in [-0.25, -0.2) is 9.37 Å². The highest BCUT2D eigenvalue weighted by Gasteiger charge is 2.57. The van der Waals surface area contributed by atoms with Crippen molar-refractivity contribution in [1.29, 1.82) is 0 Å². The zero-order valence-electron chi connectivity index (χ0n) is 23.9. The molecule has 2 amide bonds. The molecule has 1 aromatic heterocycles. The monoisotopic (exact) mass is 661 g/mol. The van der Waals surface area contributed by atoms with Crippen molar-refractivity contribution in [2.24, 2.45) is 5.73 Å². The number of carbonyl (C=O) groups is 2. The number of rotatable bonds is 10. The van der Waals surface area contributed by atoms with Crippen LogP contribution in [-0.2, 0) is 15.8 Å². The van der Waals surface area contributed by atoms with Gasteiger partial charge in [-0.3, -0.25) is 9.59 Å². The number of fused-ring (bicyclic) bond motifs is 1. The Morgan fingerprint density at radius 1 is 1.09 bits per heavy atom. The average Bonchev–Trinajstić information content (AvgIpc) is 3.35. The van der Waals surface area contributed by atoms with Crippen molar-refractivity contribution in [3.05, 3.63) is 71.2 Å². The first kappa shape index (κ1) is 34.2. The highest BCUT2D eigenvalue weighted by Crippen LogP contribution is 2.47. The molecule has 0 saturated carbocycles. The van der Waals surface area contributed by atoms with E-state index in [1.807, 2.05) is 5.32 Å². The molecule has 0 saturated heterocycles. The molecule has 1 aliphatic rings. The summed E-state index contributed by atoms with van der Waals surface area (Å²) in [4.78, 5) is 29.3. The summed E-state index contributed by atoms with van der Waals surface area (Å²) >= 11 is 0. The van der Waals surface area contributed by atoms with Crippen LogP contribution in [0.15, 0.2) is 48.5 Å². The molecule has 4 rings (SSSR count). The van der Waals surface area contributed by atoms with Gasteiger partial charge in [0.25, 0.3) is 5.91 Å². The minimum Gasteiger partial charge on any atom is -0.493 e. The molecule has 5 N–H and O–H groups in total. The number of hydrogen-bond donors (Lipinski definition) is 4. The molecule has 0 unspecified atom stereocenters. The number of aliphatic hydroxyl groups excluding tert-OH is 1. The predicted octanol–water partition coefficient (Wildman–Crippen LogP) is 3.51. The number of halogens is 7. The van der Waals surface area contributed by atoms with E-state index in [1.54, 1.807) is 0 Å². The van der Waals surface area contributed by atoms with Crippen LogP contribution in [0.25, 0.3) is 11.3 Å². The third-order valence-corrected chi connectivity index (χ3v) is 7.33. The van der Waals surface area contributed by atoms with Crippen LogP contribution in [0.2, 0.25) is 0 Å². The van der Waals surface area contributed by atoms with E-state index in [0.29, 0.717) is 0 Å². The minimum absolute atomic E-state index is 0.0823. The fourth-order valence-electron chi connectivity index (χ4n) is 4.44. The van der Waals surface area contributed by atoms with Crippen LogP contribution in [0.3, 0.4) is 0 Å². The van der Waals surface area contributed by atoms with E-state index in [2.05, 4.69) is 4.98 Å². The van der Waals surface area contributed by atoms with Gasteiger partial charge in [0.15, 0.2) is 17.6 Å². The van der Waals surface area contributed by atoms with Gasteiger partial charge in [-0.1, -0.05) is 0 Å². The summed E-state index contributed by atoms with van der Waals surface area (Å²) in [6.07, 6.45) is -13.3. The normalized spacial score (nSPS) is 18.2. The molecule has 2 aromatic carbocycles. The first-order valence-corrected chi connectivity index (χ1v) is 13.2. The van der Waals surface area contributed by atoms with E-state index in [4.69, 9.17) is 25.1 Å². The second-order valence-corrected chi connectivity index (χ2v) is 10.5. The smallest absolute Gasteiger partial charge is 0.424 e. The lowest BCUT2D eigenvalue weighted by molar-refractivity contribution is -0.265. The fourth-order valence-corrected chi connectivity index (χ4v) is 4.44. The average molecular weight is 662 g/mol. The number of nitrogens with zero attached hydrogens (tertiary/aromatic N) is 1. The zero-order valence-corrected chi connectivity index (χ0v) is 23.9. The molecule has 0 radical (unpaired) electrons. The molecule has 0 fully saturated rings. The van der Waals surface area contributed by atoms with Crippen molar-refractivity contribution >= 4 is 11.8 Å². The number of carbonyl (C=O) groups excluding carboxylic acids is 2. The van der Waals surface area contributed by atoms with Gasteiger partial charge >= 0.3 is 12.4 Å². The second-order valence-electron chi connectivity index (χ2n) is 10.5. The Balaban J connectivity index is 1.69. The van der Waals surface area contributed by atoms with Gasteiger partial charge in [-0.15, -0.1) is 0 Å². The lowest BCUT2D eigenvalue weighted by Crippen LogP contribution is -2.51. The molecule has 248 valence electrons. The summed E-state index contributed by atoms with van der Waals surface area (Å²) in [6, 6.07) is 8.16. The maximum Gasteiger partial charge on any atom is 0.424 e. The molecule has 1 aliphatic heterocycles. The number of amides is 2. The predicted molar refractivity (Wildman–Crippen MR) is 145 cm³/mol. The van der Waals surface area contributed by atoms with Crippen LogP contribution in [0.4, 0.5) is 30.7 Å². The number of pyridine rings is 1. The van der Waals surface area contributed by atoms with Gasteiger partial charge in [-0.05, 0) is 55.5 Å². The van der Waals surface area contributed by atoms with E-state index in [9.17, 15) is 45.4 Å². The zero-order chi connectivity index (χ0) is 34.2. The molecule has 0 spiro atoms. The summed E-state index contributed by atoms with van der Waals surface area (Å²) in [5.41, 5.74) is -1.66. The quantitative estimate of drug-likeness (QED) is 0.241. The molecule has 0 bridgehead atoms. The first-order chi connectivity index (χ1) is 21.3. The number of nitrogens with one attached hydrogen (secondary N) is 1. The van der Waals surface area contributed by atoms with Gasteiger partial charge in [0.2, 0.25) is 11.5 Å². The number of aliphatic hydroxyl groups is 2. The van der Waals surface area contributed by atoms with Gasteiger partial charge in [0, 0.05) is 16.7 Å². The van der Waals surface area contributed by atoms with Crippen LogP contribution in [-0.4, -0.2) is 72.3 Å². The summed E-state index contributed by atoms with van der Waals surface area (Å²) < 4.78 is 111. The Morgan fingerprint density at radius 3 is 2.30 bits per heavy atom. The van der Waals surface area contributed by atoms with Crippen LogP contribution < -0.4 is 25.3 Å².